The van der Waals surface area contributed by atoms with E-state index in [-0.39, 0.29) is 22.9 Å². The van der Waals surface area contributed by atoms with Crippen molar-refractivity contribution in [2.45, 2.75) is 47.3 Å². The van der Waals surface area contributed by atoms with Crippen molar-refractivity contribution < 1.29 is 23.1 Å². The number of pyridine rings is 1. The molecule has 0 radical (unpaired) electrons. The molecule has 39 heavy (non-hydrogen) atoms. The minimum Gasteiger partial charge on any atom is -0.480 e. The van der Waals surface area contributed by atoms with Gasteiger partial charge in [-0.2, -0.15) is 0 Å². The Morgan fingerprint density at radius 3 is 2.49 bits per heavy atom. The summed E-state index contributed by atoms with van der Waals surface area (Å²) in [5.74, 6) is -1.62. The maximum atomic E-state index is 13.7. The molecule has 3 aliphatic heterocycles. The number of hydrogen-bond donors (Lipinski definition) is 1. The number of sulfone groups is 1. The van der Waals surface area contributed by atoms with E-state index < -0.39 is 38.4 Å². The van der Waals surface area contributed by atoms with Gasteiger partial charge in [0.2, 0.25) is 5.91 Å². The molecule has 6 rings (SSSR count). The molecule has 1 aromatic carbocycles. The Bertz CT molecular complexity index is 1480. The molecule has 1 aromatic heterocycles. The van der Waals surface area contributed by atoms with Gasteiger partial charge in [-0.05, 0) is 55.5 Å². The average molecular weight is 592 g/mol. The van der Waals surface area contributed by atoms with Crippen LogP contribution in [0.15, 0.2) is 53.2 Å². The molecule has 206 valence electrons. The highest BCUT2D eigenvalue weighted by Crippen LogP contribution is 2.51. The molecule has 1 amide bonds. The largest absolute Gasteiger partial charge is 0.480 e. The van der Waals surface area contributed by atoms with Crippen molar-refractivity contribution in [3.63, 3.8) is 0 Å². The van der Waals surface area contributed by atoms with Crippen LogP contribution >= 0.6 is 23.2 Å². The van der Waals surface area contributed by atoms with Gasteiger partial charge < -0.3 is 19.8 Å². The van der Waals surface area contributed by atoms with Crippen molar-refractivity contribution in [1.82, 2.24) is 14.8 Å². The quantitative estimate of drug-likeness (QED) is 0.510. The summed E-state index contributed by atoms with van der Waals surface area (Å²) in [4.78, 5) is 35.6. The van der Waals surface area contributed by atoms with Crippen molar-refractivity contribution in [2.75, 3.05) is 37.6 Å². The summed E-state index contributed by atoms with van der Waals surface area (Å²) in [6.45, 7) is 3.28. The molecule has 4 heterocycles. The number of hydrogen-bond acceptors (Lipinski definition) is 7. The first-order valence-corrected chi connectivity index (χ1v) is 15.3. The zero-order chi connectivity index (χ0) is 27.5. The molecular weight excluding hydrogens is 563 g/mol. The molecule has 1 N–H and O–H groups in total. The lowest BCUT2D eigenvalue weighted by Crippen LogP contribution is -2.46. The highest BCUT2D eigenvalue weighted by molar-refractivity contribution is 7.92. The number of carboxylic acid groups (broad SMARTS) is 1. The van der Waals surface area contributed by atoms with Crippen LogP contribution in [-0.2, 0) is 24.8 Å². The van der Waals surface area contributed by atoms with Crippen LogP contribution in [0.2, 0.25) is 10.2 Å². The molecule has 9 nitrogen and oxygen atoms in total. The molecule has 12 heteroatoms. The minimum atomic E-state index is -4.02. The molecule has 2 atom stereocenters. The van der Waals surface area contributed by atoms with E-state index in [1.165, 1.54) is 22.9 Å². The zero-order valence-corrected chi connectivity index (χ0v) is 23.4. The van der Waals surface area contributed by atoms with E-state index in [4.69, 9.17) is 23.2 Å². The number of carbonyl (C=O) groups excluding carboxylic acids is 1. The van der Waals surface area contributed by atoms with Crippen molar-refractivity contribution in [1.29, 1.82) is 0 Å². The van der Waals surface area contributed by atoms with E-state index in [0.717, 1.165) is 38.3 Å². The molecule has 1 saturated carbocycles. The third-order valence-corrected chi connectivity index (χ3v) is 11.3. The number of aliphatic carboxylic acids is 1. The number of benzene rings is 1. The van der Waals surface area contributed by atoms with Crippen LogP contribution in [0.25, 0.3) is 0 Å². The van der Waals surface area contributed by atoms with Gasteiger partial charge in [-0.25, -0.2) is 18.2 Å². The Kier molecular flexibility index (Phi) is 6.55. The van der Waals surface area contributed by atoms with Crippen LogP contribution in [0.3, 0.4) is 0 Å². The highest BCUT2D eigenvalue weighted by Gasteiger charge is 2.57. The van der Waals surface area contributed by atoms with Crippen molar-refractivity contribution in [3.8, 4) is 0 Å². The van der Waals surface area contributed by atoms with E-state index >= 15 is 0 Å². The Hall–Kier alpha value is -2.82. The topological polar surface area (TPSA) is 111 Å². The number of carbonyl (C=O) groups is 2. The molecular formula is C27H28Cl2N4O5S. The first-order valence-electron chi connectivity index (χ1n) is 13.0. The molecule has 3 fully saturated rings. The Morgan fingerprint density at radius 1 is 1.05 bits per heavy atom. The normalized spacial score (nSPS) is 23.9. The SMILES string of the molecule is O=C(O)[C@@H]1C[C@@H](S(=O)(=O)c2ccc(N3CCN4CCC=C4C3)cc2Cl)CN1C(=O)C1(c2ccc(Cl)nc2)CC1. The summed E-state index contributed by atoms with van der Waals surface area (Å²) in [7, 11) is -4.02. The second kappa shape index (κ2) is 9.67. The summed E-state index contributed by atoms with van der Waals surface area (Å²) >= 11 is 12.5. The Balaban J connectivity index is 1.23. The van der Waals surface area contributed by atoms with Crippen LogP contribution < -0.4 is 4.90 Å². The molecule has 1 aliphatic carbocycles. The fraction of sp³-hybridized carbons (Fsp3) is 0.444. The fourth-order valence-corrected chi connectivity index (χ4v) is 8.43. The third-order valence-electron chi connectivity index (χ3n) is 8.45. The number of amides is 1. The van der Waals surface area contributed by atoms with Gasteiger partial charge in [0.25, 0.3) is 0 Å². The van der Waals surface area contributed by atoms with E-state index in [0.29, 0.717) is 23.6 Å². The van der Waals surface area contributed by atoms with E-state index in [9.17, 15) is 23.1 Å². The number of piperazine rings is 1. The maximum absolute atomic E-state index is 13.7. The monoisotopic (exact) mass is 590 g/mol. The number of halogens is 2. The van der Waals surface area contributed by atoms with Crippen LogP contribution in [0.5, 0.6) is 0 Å². The van der Waals surface area contributed by atoms with Gasteiger partial charge >= 0.3 is 5.97 Å². The molecule has 4 aliphatic rings. The predicted octanol–water partition coefficient (Wildman–Crippen LogP) is 3.36. The van der Waals surface area contributed by atoms with Crippen molar-refractivity contribution in [3.05, 3.63) is 64.0 Å². The summed E-state index contributed by atoms with van der Waals surface area (Å²) in [5.41, 5.74) is 1.86. The molecule has 2 saturated heterocycles. The fourth-order valence-electron chi connectivity index (χ4n) is 6.08. The zero-order valence-electron chi connectivity index (χ0n) is 21.1. The number of nitrogens with zero attached hydrogens (tertiary/aromatic N) is 4. The minimum absolute atomic E-state index is 0.0434. The molecule has 2 aromatic rings. The third kappa shape index (κ3) is 4.56. The lowest BCUT2D eigenvalue weighted by Gasteiger charge is -2.37. The second-order valence-corrected chi connectivity index (χ2v) is 13.7. The van der Waals surface area contributed by atoms with Gasteiger partial charge in [-0.15, -0.1) is 0 Å². The lowest BCUT2D eigenvalue weighted by atomic mass is 9.95. The van der Waals surface area contributed by atoms with Crippen molar-refractivity contribution >= 4 is 50.6 Å². The first-order chi connectivity index (χ1) is 18.6. The number of rotatable bonds is 6. The summed E-state index contributed by atoms with van der Waals surface area (Å²) in [6, 6.07) is 6.98. The maximum Gasteiger partial charge on any atom is 0.326 e. The van der Waals surface area contributed by atoms with Crippen LogP contribution in [0.4, 0.5) is 5.69 Å². The average Bonchev–Trinajstić information content (AvgIpc) is 3.36. The number of aromatic nitrogens is 1. The molecule has 0 spiro atoms. The predicted molar refractivity (Wildman–Crippen MR) is 147 cm³/mol. The van der Waals surface area contributed by atoms with Gasteiger partial charge in [0, 0.05) is 43.8 Å². The van der Waals surface area contributed by atoms with Crippen LogP contribution in [-0.4, -0.2) is 84.2 Å². The number of carboxylic acids is 1. The number of anilines is 1. The smallest absolute Gasteiger partial charge is 0.326 e. The van der Waals surface area contributed by atoms with Crippen LogP contribution in [0.1, 0.15) is 31.2 Å². The number of fused-ring (bicyclic) bond motifs is 1. The highest BCUT2D eigenvalue weighted by atomic mass is 35.5. The van der Waals surface area contributed by atoms with Gasteiger partial charge in [0.1, 0.15) is 11.2 Å². The van der Waals surface area contributed by atoms with Gasteiger partial charge in [0.05, 0.1) is 27.1 Å². The van der Waals surface area contributed by atoms with Gasteiger partial charge in [-0.1, -0.05) is 35.3 Å². The summed E-state index contributed by atoms with van der Waals surface area (Å²) < 4.78 is 27.5. The van der Waals surface area contributed by atoms with E-state index in [1.54, 1.807) is 24.3 Å². The first kappa shape index (κ1) is 26.4. The van der Waals surface area contributed by atoms with E-state index in [2.05, 4.69) is 20.9 Å². The summed E-state index contributed by atoms with van der Waals surface area (Å²) in [5, 5.41) is 9.22. The standard InChI is InChI=1S/C27H28Cl2N4O5S/c28-21-12-18(32-11-10-31-9-1-2-19(31)15-32)4-5-23(21)39(37,38)20-13-22(25(34)35)33(16-20)26(36)27(7-8-27)17-3-6-24(29)30-14-17/h2-6,12,14,20,22H,1,7-11,13,15-16H2,(H,34,35)/t20-,22+/m1/s1. The number of likely N-dealkylation sites (tertiary alicyclic amines) is 1. The van der Waals surface area contributed by atoms with E-state index in [1.807, 2.05) is 0 Å². The second-order valence-electron chi connectivity index (χ2n) is 10.7. The molecule has 0 unspecified atom stereocenters. The Labute approximate surface area is 236 Å². The van der Waals surface area contributed by atoms with Crippen LogP contribution in [0, 0.1) is 0 Å². The van der Waals surface area contributed by atoms with Gasteiger partial charge in [-0.3, -0.25) is 4.79 Å². The van der Waals surface area contributed by atoms with Crippen molar-refractivity contribution in [2.24, 2.45) is 0 Å². The lowest BCUT2D eigenvalue weighted by molar-refractivity contribution is -0.149. The van der Waals surface area contributed by atoms with Gasteiger partial charge in [0.15, 0.2) is 9.84 Å². The molecule has 0 bridgehead atoms. The Morgan fingerprint density at radius 2 is 1.82 bits per heavy atom. The summed E-state index contributed by atoms with van der Waals surface area (Å²) in [6.07, 6.45) is 5.66.